The lowest BCUT2D eigenvalue weighted by Crippen LogP contribution is -2.60. The quantitative estimate of drug-likeness (QED) is 0.120. The molecule has 0 bridgehead atoms. The highest BCUT2D eigenvalue weighted by Crippen LogP contribution is 2.23. The number of rotatable bonds is 10. The molecule has 63 heavy (non-hydrogen) atoms. The number of hydrogen-bond donors (Lipinski definition) is 6. The van der Waals surface area contributed by atoms with Crippen molar-refractivity contribution in [1.82, 2.24) is 51.4 Å². The first-order chi connectivity index (χ1) is 30.2. The number of thiazole rings is 1. The molecule has 1 saturated heterocycles. The summed E-state index contributed by atoms with van der Waals surface area (Å²) in [5, 5.41) is 17.1. The Morgan fingerprint density at radius 2 is 1.48 bits per heavy atom. The fourth-order valence-electron chi connectivity index (χ4n) is 7.21. The third kappa shape index (κ3) is 12.0. The van der Waals surface area contributed by atoms with Crippen molar-refractivity contribution in [2.24, 2.45) is 11.8 Å². The van der Waals surface area contributed by atoms with E-state index in [1.807, 2.05) is 52.0 Å². The van der Waals surface area contributed by atoms with Crippen molar-refractivity contribution in [3.05, 3.63) is 95.4 Å². The second kappa shape index (κ2) is 20.9. The van der Waals surface area contributed by atoms with Gasteiger partial charge in [-0.15, -0.1) is 11.3 Å². The molecule has 6 rings (SSSR count). The maximum Gasteiger partial charge on any atom is 0.273 e. The standard InChI is InChI=1S/C45H54N10O7S/c1-25(2)18-33-42(59)52-34(19-28-12-14-30(62-6)15-13-28)41(58)49-27(5)40(57)53-36(26(3)4)22-55(45(61)37-24-63-44(54-37)39-46-16-9-17-47-39)23-38(56)50-35(43(60)51-33)20-29-21-48-32-11-8-7-10-31(29)32/h7-17,21,24-27,33-36,48H,18-20,22-23H2,1-6H3,(H,49,58)(H,50,56)(H,51,60)(H,52,59)(H,53,57)/t27-,33+,34+,35-,36-/m1/s1. The van der Waals surface area contributed by atoms with Crippen LogP contribution in [0.4, 0.5) is 0 Å². The Hall–Kier alpha value is -6.69. The van der Waals surface area contributed by atoms with Gasteiger partial charge in [0, 0.05) is 60.3 Å². The van der Waals surface area contributed by atoms with E-state index in [9.17, 15) is 28.8 Å². The lowest BCUT2D eigenvalue weighted by molar-refractivity contribution is -0.135. The van der Waals surface area contributed by atoms with Gasteiger partial charge in [0.05, 0.1) is 13.7 Å². The molecule has 17 nitrogen and oxygen atoms in total. The van der Waals surface area contributed by atoms with E-state index < -0.39 is 72.2 Å². The van der Waals surface area contributed by atoms with Gasteiger partial charge >= 0.3 is 0 Å². The number of aromatic amines is 1. The number of nitrogens with zero attached hydrogens (tertiary/aromatic N) is 4. The molecule has 5 atom stereocenters. The summed E-state index contributed by atoms with van der Waals surface area (Å²) in [5.41, 5.74) is 2.30. The first-order valence-electron chi connectivity index (χ1n) is 20.9. The summed E-state index contributed by atoms with van der Waals surface area (Å²) in [6.45, 7) is 8.37. The van der Waals surface area contributed by atoms with Crippen LogP contribution in [0, 0.1) is 11.8 Å². The molecule has 0 radical (unpaired) electrons. The summed E-state index contributed by atoms with van der Waals surface area (Å²) in [4.78, 5) is 103. The molecule has 332 valence electrons. The van der Waals surface area contributed by atoms with Gasteiger partial charge in [0.2, 0.25) is 29.5 Å². The van der Waals surface area contributed by atoms with Crippen LogP contribution in [0.5, 0.6) is 5.75 Å². The summed E-state index contributed by atoms with van der Waals surface area (Å²) in [5.74, 6) is -3.11. The predicted octanol–water partition coefficient (Wildman–Crippen LogP) is 3.18. The number of amides is 6. The van der Waals surface area contributed by atoms with Gasteiger partial charge in [-0.2, -0.15) is 0 Å². The number of methoxy groups -OCH3 is 1. The van der Waals surface area contributed by atoms with Gasteiger partial charge in [0.15, 0.2) is 10.8 Å². The molecule has 6 amide bonds. The van der Waals surface area contributed by atoms with Gasteiger partial charge in [-0.1, -0.05) is 58.0 Å². The van der Waals surface area contributed by atoms with E-state index in [0.717, 1.165) is 27.8 Å². The molecular weight excluding hydrogens is 825 g/mol. The minimum atomic E-state index is -1.21. The Balaban J connectivity index is 1.38. The van der Waals surface area contributed by atoms with Crippen molar-refractivity contribution in [3.63, 3.8) is 0 Å². The Morgan fingerprint density at radius 1 is 0.810 bits per heavy atom. The molecule has 18 heteroatoms. The third-order valence-electron chi connectivity index (χ3n) is 10.7. The van der Waals surface area contributed by atoms with Gasteiger partial charge in [-0.05, 0) is 60.6 Å². The first-order valence-corrected chi connectivity index (χ1v) is 21.8. The van der Waals surface area contributed by atoms with Crippen molar-refractivity contribution in [2.75, 3.05) is 20.2 Å². The van der Waals surface area contributed by atoms with Crippen LogP contribution < -0.4 is 31.3 Å². The average molecular weight is 879 g/mol. The Kier molecular flexibility index (Phi) is 15.2. The average Bonchev–Trinajstić information content (AvgIpc) is 3.93. The zero-order valence-corrected chi connectivity index (χ0v) is 37.0. The molecule has 3 aromatic heterocycles. The number of H-pyrrole nitrogens is 1. The van der Waals surface area contributed by atoms with E-state index in [1.54, 1.807) is 54.3 Å². The topological polar surface area (TPSA) is 229 Å². The number of aromatic nitrogens is 4. The normalized spacial score (nSPS) is 20.9. The fraction of sp³-hybridized carbons (Fsp3) is 0.400. The number of benzene rings is 2. The summed E-state index contributed by atoms with van der Waals surface area (Å²) in [6, 6.07) is 10.9. The van der Waals surface area contributed by atoms with Crippen LogP contribution in [0.15, 0.2) is 78.6 Å². The van der Waals surface area contributed by atoms with Gasteiger partial charge < -0.3 is 41.2 Å². The minimum absolute atomic E-state index is 0.0309. The van der Waals surface area contributed by atoms with Gasteiger partial charge in [-0.25, -0.2) is 15.0 Å². The maximum atomic E-state index is 14.5. The van der Waals surface area contributed by atoms with E-state index in [2.05, 4.69) is 46.5 Å². The second-order valence-corrected chi connectivity index (χ2v) is 17.2. The maximum absolute atomic E-state index is 14.5. The van der Waals surface area contributed by atoms with Crippen LogP contribution in [-0.4, -0.2) is 111 Å². The Morgan fingerprint density at radius 3 is 2.17 bits per heavy atom. The third-order valence-corrected chi connectivity index (χ3v) is 11.6. The van der Waals surface area contributed by atoms with E-state index in [0.29, 0.717) is 22.1 Å². The van der Waals surface area contributed by atoms with Crippen LogP contribution >= 0.6 is 11.3 Å². The summed E-state index contributed by atoms with van der Waals surface area (Å²) in [6.07, 6.45) is 5.17. The highest BCUT2D eigenvalue weighted by atomic mass is 32.1. The van der Waals surface area contributed by atoms with Gasteiger partial charge in [0.1, 0.15) is 35.6 Å². The smallest absolute Gasteiger partial charge is 0.273 e. The van der Waals surface area contributed by atoms with Crippen LogP contribution in [0.1, 0.15) is 62.7 Å². The molecular formula is C45H54N10O7S. The lowest BCUT2D eigenvalue weighted by atomic mass is 9.99. The monoisotopic (exact) mass is 878 g/mol. The zero-order valence-electron chi connectivity index (χ0n) is 36.1. The Bertz CT molecular complexity index is 2400. The number of fused-ring (bicyclic) bond motifs is 1. The molecule has 2 aromatic carbocycles. The molecule has 0 unspecified atom stereocenters. The van der Waals surface area contributed by atoms with Gasteiger partial charge in [0.25, 0.3) is 5.91 Å². The largest absolute Gasteiger partial charge is 0.497 e. The van der Waals surface area contributed by atoms with Crippen LogP contribution in [-0.2, 0) is 36.8 Å². The number of ether oxygens (including phenoxy) is 1. The number of hydrogen-bond acceptors (Lipinski definition) is 11. The van der Waals surface area contributed by atoms with Crippen molar-refractivity contribution in [1.29, 1.82) is 0 Å². The summed E-state index contributed by atoms with van der Waals surface area (Å²) < 4.78 is 5.30. The zero-order chi connectivity index (χ0) is 45.2. The van der Waals surface area contributed by atoms with Crippen LogP contribution in [0.25, 0.3) is 21.7 Å². The molecule has 4 heterocycles. The van der Waals surface area contributed by atoms with E-state index in [4.69, 9.17) is 4.74 Å². The van der Waals surface area contributed by atoms with E-state index >= 15 is 0 Å². The lowest BCUT2D eigenvalue weighted by Gasteiger charge is -2.32. The van der Waals surface area contributed by atoms with Crippen molar-refractivity contribution in [2.45, 2.75) is 84.1 Å². The predicted molar refractivity (Wildman–Crippen MR) is 237 cm³/mol. The fourth-order valence-corrected chi connectivity index (χ4v) is 7.95. The van der Waals surface area contributed by atoms with Gasteiger partial charge in [-0.3, -0.25) is 28.8 Å². The Labute approximate surface area is 369 Å². The van der Waals surface area contributed by atoms with E-state index in [-0.39, 0.29) is 43.3 Å². The second-order valence-electron chi connectivity index (χ2n) is 16.4. The number of nitrogens with one attached hydrogen (secondary N) is 6. The molecule has 1 fully saturated rings. The van der Waals surface area contributed by atoms with Crippen molar-refractivity contribution >= 4 is 57.7 Å². The number of carbonyl (C=O) groups excluding carboxylic acids is 6. The molecule has 1 aliphatic rings. The highest BCUT2D eigenvalue weighted by Gasteiger charge is 2.34. The molecule has 0 spiro atoms. The SMILES string of the molecule is COc1ccc(C[C@@H]2NC(=O)[C@H](CC(C)C)NC(=O)[C@@H](Cc3c[nH]c4ccccc34)NC(=O)CN(C(=O)c3csc(-c4ncccn4)n3)C[C@H](C(C)C)NC(=O)[C@@H](C)NC2=O)cc1. The van der Waals surface area contributed by atoms with E-state index in [1.165, 1.54) is 18.9 Å². The molecule has 0 saturated carbocycles. The molecule has 1 aliphatic heterocycles. The van der Waals surface area contributed by atoms with Crippen molar-refractivity contribution < 1.29 is 33.5 Å². The summed E-state index contributed by atoms with van der Waals surface area (Å²) >= 11 is 1.16. The molecule has 5 aromatic rings. The molecule has 0 aliphatic carbocycles. The summed E-state index contributed by atoms with van der Waals surface area (Å²) in [7, 11) is 1.54. The number of para-hydroxylation sites is 1. The van der Waals surface area contributed by atoms with Crippen LogP contribution in [0.2, 0.25) is 0 Å². The van der Waals surface area contributed by atoms with Crippen molar-refractivity contribution in [3.8, 4) is 16.6 Å². The highest BCUT2D eigenvalue weighted by molar-refractivity contribution is 7.13. The molecule has 6 N–H and O–H groups in total. The first kappa shape index (κ1) is 45.8. The number of carbonyl (C=O) groups is 6. The van der Waals surface area contributed by atoms with Crippen LogP contribution in [0.3, 0.4) is 0 Å². The minimum Gasteiger partial charge on any atom is -0.497 e.